The molecule has 0 radical (unpaired) electrons. The van der Waals surface area contributed by atoms with Gasteiger partial charge in [0.1, 0.15) is 0 Å². The Morgan fingerprint density at radius 2 is 1.55 bits per heavy atom. The molecule has 1 fully saturated rings. The highest BCUT2D eigenvalue weighted by Gasteiger charge is 2.26. The summed E-state index contributed by atoms with van der Waals surface area (Å²) in [5.41, 5.74) is 1.18. The Kier molecular flexibility index (Phi) is 6.89. The zero-order valence-corrected chi connectivity index (χ0v) is 17.3. The summed E-state index contributed by atoms with van der Waals surface area (Å²) in [6, 6.07) is 12.8. The first-order chi connectivity index (χ1) is 13.9. The van der Waals surface area contributed by atoms with Crippen molar-refractivity contribution in [1.82, 2.24) is 14.9 Å². The Bertz CT molecular complexity index is 970. The fourth-order valence-corrected chi connectivity index (χ4v) is 4.63. The number of carbonyl (C=O) groups is 2. The fraction of sp³-hybridized carbons (Fsp3) is 0.300. The SMILES string of the molecule is O=C(CNC(=O)c1ccc(Cl)cc1)NCc1ccc(S(=O)(=O)N2CCCC2)cc1. The normalized spacial score (nSPS) is 14.5. The van der Waals surface area contributed by atoms with Crippen LogP contribution in [0.5, 0.6) is 0 Å². The van der Waals surface area contributed by atoms with Gasteiger partial charge in [0.05, 0.1) is 11.4 Å². The first kappa shape index (κ1) is 21.3. The molecule has 2 N–H and O–H groups in total. The average Bonchev–Trinajstić information content (AvgIpc) is 3.27. The van der Waals surface area contributed by atoms with Crippen LogP contribution in [0, 0.1) is 0 Å². The van der Waals surface area contributed by atoms with Gasteiger partial charge in [-0.2, -0.15) is 4.31 Å². The molecule has 7 nitrogen and oxygen atoms in total. The molecule has 0 bridgehead atoms. The van der Waals surface area contributed by atoms with Crippen LogP contribution in [-0.2, 0) is 21.4 Å². The number of sulfonamides is 1. The molecule has 1 heterocycles. The van der Waals surface area contributed by atoms with E-state index in [1.54, 1.807) is 48.5 Å². The molecule has 2 amide bonds. The lowest BCUT2D eigenvalue weighted by Crippen LogP contribution is -2.36. The van der Waals surface area contributed by atoms with Gasteiger partial charge >= 0.3 is 0 Å². The molecule has 2 aromatic carbocycles. The van der Waals surface area contributed by atoms with Crippen molar-refractivity contribution in [3.63, 3.8) is 0 Å². The molecule has 154 valence electrons. The van der Waals surface area contributed by atoms with Gasteiger partial charge in [-0.1, -0.05) is 23.7 Å². The highest BCUT2D eigenvalue weighted by atomic mass is 35.5. The molecule has 9 heteroatoms. The van der Waals surface area contributed by atoms with Crippen molar-refractivity contribution in [3.8, 4) is 0 Å². The highest BCUT2D eigenvalue weighted by Crippen LogP contribution is 2.21. The van der Waals surface area contributed by atoms with Crippen molar-refractivity contribution < 1.29 is 18.0 Å². The molecule has 0 atom stereocenters. The second-order valence-electron chi connectivity index (χ2n) is 6.72. The highest BCUT2D eigenvalue weighted by molar-refractivity contribution is 7.89. The van der Waals surface area contributed by atoms with Crippen molar-refractivity contribution in [1.29, 1.82) is 0 Å². The predicted molar refractivity (Wildman–Crippen MR) is 110 cm³/mol. The number of halogens is 1. The fourth-order valence-electron chi connectivity index (χ4n) is 2.98. The summed E-state index contributed by atoms with van der Waals surface area (Å²) < 4.78 is 26.5. The maximum Gasteiger partial charge on any atom is 0.251 e. The summed E-state index contributed by atoms with van der Waals surface area (Å²) in [5, 5.41) is 5.76. The van der Waals surface area contributed by atoms with E-state index in [4.69, 9.17) is 11.6 Å². The smallest absolute Gasteiger partial charge is 0.251 e. The first-order valence-electron chi connectivity index (χ1n) is 9.26. The Labute approximate surface area is 175 Å². The lowest BCUT2D eigenvalue weighted by Gasteiger charge is -2.15. The van der Waals surface area contributed by atoms with E-state index in [9.17, 15) is 18.0 Å². The Morgan fingerprint density at radius 1 is 0.931 bits per heavy atom. The van der Waals surface area contributed by atoms with Crippen LogP contribution in [0.1, 0.15) is 28.8 Å². The van der Waals surface area contributed by atoms with Gasteiger partial charge in [-0.05, 0) is 54.8 Å². The van der Waals surface area contributed by atoms with Gasteiger partial charge in [-0.25, -0.2) is 8.42 Å². The third kappa shape index (κ3) is 5.56. The third-order valence-corrected chi connectivity index (χ3v) is 6.80. The molecular weight excluding hydrogens is 414 g/mol. The lowest BCUT2D eigenvalue weighted by atomic mass is 10.2. The molecule has 29 heavy (non-hydrogen) atoms. The van der Waals surface area contributed by atoms with Crippen LogP contribution >= 0.6 is 11.6 Å². The molecular formula is C20H22ClN3O4S. The number of hydrogen-bond acceptors (Lipinski definition) is 4. The molecule has 1 aliphatic rings. The zero-order valence-electron chi connectivity index (χ0n) is 15.7. The Hall–Kier alpha value is -2.42. The summed E-state index contributed by atoms with van der Waals surface area (Å²) >= 11 is 5.78. The summed E-state index contributed by atoms with van der Waals surface area (Å²) in [5.74, 6) is -0.714. The second kappa shape index (κ2) is 9.39. The van der Waals surface area contributed by atoms with Crippen LogP contribution in [0.2, 0.25) is 5.02 Å². The van der Waals surface area contributed by atoms with Crippen molar-refractivity contribution >= 4 is 33.4 Å². The minimum atomic E-state index is -3.44. The van der Waals surface area contributed by atoms with Crippen LogP contribution in [0.25, 0.3) is 0 Å². The predicted octanol–water partition coefficient (Wildman–Crippen LogP) is 2.17. The number of rotatable bonds is 7. The summed E-state index contributed by atoms with van der Waals surface area (Å²) in [4.78, 5) is 24.2. The molecule has 3 rings (SSSR count). The van der Waals surface area contributed by atoms with E-state index in [0.717, 1.165) is 18.4 Å². The van der Waals surface area contributed by atoms with E-state index >= 15 is 0 Å². The number of nitrogens with one attached hydrogen (secondary N) is 2. The van der Waals surface area contributed by atoms with Gasteiger partial charge in [0, 0.05) is 30.2 Å². The van der Waals surface area contributed by atoms with E-state index in [2.05, 4.69) is 10.6 Å². The van der Waals surface area contributed by atoms with Crippen molar-refractivity contribution in [2.75, 3.05) is 19.6 Å². The van der Waals surface area contributed by atoms with E-state index < -0.39 is 10.0 Å². The number of benzene rings is 2. The monoisotopic (exact) mass is 435 g/mol. The van der Waals surface area contributed by atoms with Crippen molar-refractivity contribution in [3.05, 3.63) is 64.7 Å². The standard InChI is InChI=1S/C20H22ClN3O4S/c21-17-7-5-16(6-8-17)20(26)23-14-19(25)22-13-15-3-9-18(10-4-15)29(27,28)24-11-1-2-12-24/h3-10H,1-2,11-14H2,(H,22,25)(H,23,26). The van der Waals surface area contributed by atoms with Crippen LogP contribution < -0.4 is 10.6 Å². The van der Waals surface area contributed by atoms with Gasteiger partial charge in [-0.3, -0.25) is 9.59 Å². The number of amides is 2. The number of nitrogens with zero attached hydrogens (tertiary/aromatic N) is 1. The van der Waals surface area contributed by atoms with Gasteiger partial charge in [0.25, 0.3) is 5.91 Å². The quantitative estimate of drug-likeness (QED) is 0.696. The molecule has 0 spiro atoms. The lowest BCUT2D eigenvalue weighted by molar-refractivity contribution is -0.120. The van der Waals surface area contributed by atoms with Gasteiger partial charge in [0.2, 0.25) is 15.9 Å². The molecule has 0 unspecified atom stereocenters. The molecule has 0 saturated carbocycles. The molecule has 0 aromatic heterocycles. The van der Waals surface area contributed by atoms with E-state index in [1.807, 2.05) is 0 Å². The second-order valence-corrected chi connectivity index (χ2v) is 9.10. The maximum atomic E-state index is 12.5. The van der Waals surface area contributed by atoms with E-state index in [-0.39, 0.29) is 29.8 Å². The van der Waals surface area contributed by atoms with Crippen LogP contribution in [0.4, 0.5) is 0 Å². The third-order valence-electron chi connectivity index (χ3n) is 4.63. The van der Waals surface area contributed by atoms with Crippen LogP contribution in [0.15, 0.2) is 53.4 Å². The minimum Gasteiger partial charge on any atom is -0.350 e. The minimum absolute atomic E-state index is 0.164. The van der Waals surface area contributed by atoms with E-state index in [1.165, 1.54) is 4.31 Å². The molecule has 0 aliphatic carbocycles. The zero-order chi connectivity index (χ0) is 20.9. The van der Waals surface area contributed by atoms with Gasteiger partial charge < -0.3 is 10.6 Å². The number of hydrogen-bond donors (Lipinski definition) is 2. The summed E-state index contributed by atoms with van der Waals surface area (Å²) in [7, 11) is -3.44. The van der Waals surface area contributed by atoms with Crippen molar-refractivity contribution in [2.24, 2.45) is 0 Å². The van der Waals surface area contributed by atoms with Crippen LogP contribution in [0.3, 0.4) is 0 Å². The topological polar surface area (TPSA) is 95.6 Å². The largest absolute Gasteiger partial charge is 0.350 e. The number of carbonyl (C=O) groups excluding carboxylic acids is 2. The Balaban J connectivity index is 1.47. The van der Waals surface area contributed by atoms with Crippen LogP contribution in [-0.4, -0.2) is 44.2 Å². The Morgan fingerprint density at radius 3 is 2.17 bits per heavy atom. The molecule has 1 aliphatic heterocycles. The van der Waals surface area contributed by atoms with Crippen molar-refractivity contribution in [2.45, 2.75) is 24.3 Å². The van der Waals surface area contributed by atoms with E-state index in [0.29, 0.717) is 23.7 Å². The molecule has 1 saturated heterocycles. The molecule has 2 aromatic rings. The summed E-state index contributed by atoms with van der Waals surface area (Å²) in [6.45, 7) is 1.19. The van der Waals surface area contributed by atoms with Gasteiger partial charge in [-0.15, -0.1) is 0 Å². The first-order valence-corrected chi connectivity index (χ1v) is 11.1. The average molecular weight is 436 g/mol. The summed E-state index contributed by atoms with van der Waals surface area (Å²) in [6.07, 6.45) is 1.77. The maximum absolute atomic E-state index is 12.5. The van der Waals surface area contributed by atoms with Gasteiger partial charge in [0.15, 0.2) is 0 Å².